The molecule has 1 aliphatic carbocycles. The summed E-state index contributed by atoms with van der Waals surface area (Å²) in [5.74, 6) is 0. The Hall–Kier alpha value is -0.450. The van der Waals surface area contributed by atoms with E-state index in [1.165, 1.54) is 4.88 Å². The minimum absolute atomic E-state index is 0.524. The second-order valence-corrected chi connectivity index (χ2v) is 6.50. The van der Waals surface area contributed by atoms with Crippen molar-refractivity contribution in [1.29, 1.82) is 0 Å². The van der Waals surface area contributed by atoms with E-state index in [0.29, 0.717) is 6.04 Å². The van der Waals surface area contributed by atoms with Gasteiger partial charge in [0.25, 0.3) is 0 Å². The summed E-state index contributed by atoms with van der Waals surface area (Å²) in [7, 11) is 2.00. The van der Waals surface area contributed by atoms with Crippen LogP contribution in [-0.2, 0) is 6.42 Å². The van der Waals surface area contributed by atoms with Gasteiger partial charge in [0, 0.05) is 17.3 Å². The Kier molecular flexibility index (Phi) is 3.85. The van der Waals surface area contributed by atoms with E-state index >= 15 is 0 Å². The monoisotopic (exact) mass is 254 g/mol. The van der Waals surface area contributed by atoms with Crippen molar-refractivity contribution in [3.05, 3.63) is 15.6 Å². The van der Waals surface area contributed by atoms with E-state index in [1.54, 1.807) is 11.3 Å². The topological polar surface area (TPSA) is 45.1 Å². The van der Waals surface area contributed by atoms with Crippen LogP contribution in [0.15, 0.2) is 0 Å². The number of thiazole rings is 1. The lowest BCUT2D eigenvalue weighted by Crippen LogP contribution is -2.41. The minimum atomic E-state index is -0.524. The molecular formula is C13H22N2OS. The maximum absolute atomic E-state index is 10.6. The first-order chi connectivity index (χ1) is 8.02. The number of nitrogens with zero attached hydrogens (tertiary/aromatic N) is 1. The van der Waals surface area contributed by atoms with Crippen molar-refractivity contribution in [1.82, 2.24) is 10.3 Å². The fourth-order valence-electron chi connectivity index (χ4n) is 2.52. The molecule has 1 aliphatic rings. The van der Waals surface area contributed by atoms with Crippen molar-refractivity contribution < 1.29 is 5.11 Å². The highest BCUT2D eigenvalue weighted by atomic mass is 32.1. The standard InChI is InChI=1S/C13H22N2OS/c1-9-10(2)17-12(15-9)8-13(16)6-4-11(14-3)5-7-13/h11,14,16H,4-8H2,1-3H3. The Morgan fingerprint density at radius 1 is 1.41 bits per heavy atom. The SMILES string of the molecule is CNC1CCC(O)(Cc2nc(C)c(C)s2)CC1. The molecule has 2 rings (SSSR count). The fraction of sp³-hybridized carbons (Fsp3) is 0.769. The molecule has 0 unspecified atom stereocenters. The minimum Gasteiger partial charge on any atom is -0.389 e. The summed E-state index contributed by atoms with van der Waals surface area (Å²) in [5, 5.41) is 15.0. The van der Waals surface area contributed by atoms with Gasteiger partial charge in [0.2, 0.25) is 0 Å². The molecule has 17 heavy (non-hydrogen) atoms. The fourth-order valence-corrected chi connectivity index (χ4v) is 3.59. The quantitative estimate of drug-likeness (QED) is 0.869. The molecule has 1 heterocycles. The third-order valence-corrected chi connectivity index (χ3v) is 4.95. The number of aryl methyl sites for hydroxylation is 2. The molecule has 0 spiro atoms. The van der Waals surface area contributed by atoms with Crippen molar-refractivity contribution >= 4 is 11.3 Å². The highest BCUT2D eigenvalue weighted by Gasteiger charge is 2.33. The van der Waals surface area contributed by atoms with Crippen LogP contribution < -0.4 is 5.32 Å². The molecule has 0 saturated heterocycles. The van der Waals surface area contributed by atoms with E-state index in [2.05, 4.69) is 17.2 Å². The summed E-state index contributed by atoms with van der Waals surface area (Å²) in [4.78, 5) is 5.80. The van der Waals surface area contributed by atoms with Crippen molar-refractivity contribution in [3.63, 3.8) is 0 Å². The number of aliphatic hydroxyl groups is 1. The number of aromatic nitrogens is 1. The molecule has 0 atom stereocenters. The van der Waals surface area contributed by atoms with Gasteiger partial charge in [0.1, 0.15) is 0 Å². The summed E-state index contributed by atoms with van der Waals surface area (Å²) < 4.78 is 0. The molecule has 1 aromatic rings. The Labute approximate surface area is 107 Å². The number of hydrogen-bond donors (Lipinski definition) is 2. The lowest BCUT2D eigenvalue weighted by atomic mass is 9.80. The van der Waals surface area contributed by atoms with Gasteiger partial charge in [-0.25, -0.2) is 4.98 Å². The van der Waals surface area contributed by atoms with Gasteiger partial charge in [-0.05, 0) is 46.6 Å². The molecule has 0 aliphatic heterocycles. The van der Waals surface area contributed by atoms with Crippen molar-refractivity contribution in [2.24, 2.45) is 0 Å². The molecule has 0 aromatic carbocycles. The van der Waals surface area contributed by atoms with Crippen LogP contribution in [-0.4, -0.2) is 28.8 Å². The van der Waals surface area contributed by atoms with Crippen LogP contribution in [0.25, 0.3) is 0 Å². The van der Waals surface area contributed by atoms with Crippen molar-refractivity contribution in [3.8, 4) is 0 Å². The number of rotatable bonds is 3. The number of nitrogens with one attached hydrogen (secondary N) is 1. The zero-order valence-electron chi connectivity index (χ0n) is 10.9. The van der Waals surface area contributed by atoms with Crippen LogP contribution in [0, 0.1) is 13.8 Å². The van der Waals surface area contributed by atoms with E-state index in [4.69, 9.17) is 0 Å². The molecule has 0 amide bonds. The second-order valence-electron chi connectivity index (χ2n) is 5.21. The molecule has 2 N–H and O–H groups in total. The predicted molar refractivity (Wildman–Crippen MR) is 71.6 cm³/mol. The second kappa shape index (κ2) is 5.04. The Morgan fingerprint density at radius 2 is 2.06 bits per heavy atom. The third-order valence-electron chi connectivity index (χ3n) is 3.88. The van der Waals surface area contributed by atoms with Gasteiger partial charge in [-0.1, -0.05) is 0 Å². The largest absolute Gasteiger partial charge is 0.389 e. The zero-order valence-corrected chi connectivity index (χ0v) is 11.7. The van der Waals surface area contributed by atoms with Crippen LogP contribution in [0.5, 0.6) is 0 Å². The molecule has 96 valence electrons. The zero-order chi connectivity index (χ0) is 12.5. The van der Waals surface area contributed by atoms with Crippen molar-refractivity contribution in [2.45, 2.75) is 57.6 Å². The third kappa shape index (κ3) is 3.06. The van der Waals surface area contributed by atoms with Crippen LogP contribution >= 0.6 is 11.3 Å². The molecule has 4 heteroatoms. The van der Waals surface area contributed by atoms with Gasteiger partial charge in [-0.3, -0.25) is 0 Å². The summed E-state index contributed by atoms with van der Waals surface area (Å²) in [5.41, 5.74) is 0.585. The van der Waals surface area contributed by atoms with Gasteiger partial charge in [-0.2, -0.15) is 0 Å². The molecule has 1 aromatic heterocycles. The average Bonchev–Trinajstić information content (AvgIpc) is 2.58. The van der Waals surface area contributed by atoms with Crippen LogP contribution in [0.1, 0.15) is 41.3 Å². The van der Waals surface area contributed by atoms with Crippen LogP contribution in [0.3, 0.4) is 0 Å². The smallest absolute Gasteiger partial charge is 0.0959 e. The maximum atomic E-state index is 10.6. The van der Waals surface area contributed by atoms with E-state index in [9.17, 15) is 5.11 Å². The first-order valence-electron chi connectivity index (χ1n) is 6.35. The molecule has 1 fully saturated rings. The van der Waals surface area contributed by atoms with E-state index in [0.717, 1.165) is 42.8 Å². The van der Waals surface area contributed by atoms with E-state index in [-0.39, 0.29) is 0 Å². The van der Waals surface area contributed by atoms with Gasteiger partial charge in [0.15, 0.2) is 0 Å². The molecule has 3 nitrogen and oxygen atoms in total. The first-order valence-corrected chi connectivity index (χ1v) is 7.16. The summed E-state index contributed by atoms with van der Waals surface area (Å²) >= 11 is 1.73. The van der Waals surface area contributed by atoms with Gasteiger partial charge < -0.3 is 10.4 Å². The predicted octanol–water partition coefficient (Wildman–Crippen LogP) is 2.20. The Bertz CT molecular complexity index is 361. The average molecular weight is 254 g/mol. The van der Waals surface area contributed by atoms with Crippen molar-refractivity contribution in [2.75, 3.05) is 7.05 Å². The van der Waals surface area contributed by atoms with E-state index in [1.807, 2.05) is 14.0 Å². The Morgan fingerprint density at radius 3 is 2.53 bits per heavy atom. The lowest BCUT2D eigenvalue weighted by molar-refractivity contribution is -0.00247. The summed E-state index contributed by atoms with van der Waals surface area (Å²) in [6.45, 7) is 4.13. The Balaban J connectivity index is 1.98. The highest BCUT2D eigenvalue weighted by molar-refractivity contribution is 7.11. The van der Waals surface area contributed by atoms with E-state index < -0.39 is 5.60 Å². The molecule has 0 bridgehead atoms. The number of hydrogen-bond acceptors (Lipinski definition) is 4. The van der Waals surface area contributed by atoms with Crippen LogP contribution in [0.4, 0.5) is 0 Å². The lowest BCUT2D eigenvalue weighted by Gasteiger charge is -2.35. The summed E-state index contributed by atoms with van der Waals surface area (Å²) in [6, 6.07) is 0.579. The first kappa shape index (κ1) is 13.0. The van der Waals surface area contributed by atoms with Gasteiger partial charge in [0.05, 0.1) is 16.3 Å². The van der Waals surface area contributed by atoms with Gasteiger partial charge in [-0.15, -0.1) is 11.3 Å². The van der Waals surface area contributed by atoms with Gasteiger partial charge >= 0.3 is 0 Å². The normalized spacial score (nSPS) is 29.5. The molecule has 1 saturated carbocycles. The summed E-state index contributed by atoms with van der Waals surface area (Å²) in [6.07, 6.45) is 4.63. The maximum Gasteiger partial charge on any atom is 0.0959 e. The molecular weight excluding hydrogens is 232 g/mol. The van der Waals surface area contributed by atoms with Crippen LogP contribution in [0.2, 0.25) is 0 Å². The highest BCUT2D eigenvalue weighted by Crippen LogP contribution is 2.32. The molecule has 0 radical (unpaired) electrons.